The van der Waals surface area contributed by atoms with Crippen molar-refractivity contribution in [3.8, 4) is 0 Å². The number of hydrogen-bond acceptors (Lipinski definition) is 3. The van der Waals surface area contributed by atoms with Gasteiger partial charge in [0, 0.05) is 17.3 Å². The van der Waals surface area contributed by atoms with Crippen molar-refractivity contribution >= 4 is 34.4 Å². The second-order valence-corrected chi connectivity index (χ2v) is 6.83. The number of hydrogen-bond donors (Lipinski definition) is 2. The maximum Gasteiger partial charge on any atom is 0.243 e. The molecule has 3 rings (SSSR count). The quantitative estimate of drug-likeness (QED) is 0.685. The molecule has 2 heterocycles. The van der Waals surface area contributed by atoms with Crippen molar-refractivity contribution in [1.29, 1.82) is 0 Å². The molecule has 0 bridgehead atoms. The SMILES string of the molecule is Bc1cc(F)c(S(=O)(=O)NCc2cc3cccnc3[nH]2)cc1F. The van der Waals surface area contributed by atoms with Crippen LogP contribution in [0.5, 0.6) is 0 Å². The standard InChI is InChI=1S/C14H12BF2N3O2S/c15-10-5-12(17)13(6-11(10)16)23(21,22)19-7-9-4-8-2-1-3-18-14(8)20-9/h1-6,19H,7,15H2,(H,18,20). The van der Waals surface area contributed by atoms with E-state index in [4.69, 9.17) is 0 Å². The van der Waals surface area contributed by atoms with Crippen molar-refractivity contribution in [1.82, 2.24) is 14.7 Å². The number of aromatic nitrogens is 2. The minimum Gasteiger partial charge on any atom is -0.342 e. The molecule has 23 heavy (non-hydrogen) atoms. The fourth-order valence-electron chi connectivity index (χ4n) is 2.19. The maximum absolute atomic E-state index is 13.8. The van der Waals surface area contributed by atoms with E-state index in [1.807, 2.05) is 6.07 Å². The highest BCUT2D eigenvalue weighted by Crippen LogP contribution is 2.16. The summed E-state index contributed by atoms with van der Waals surface area (Å²) in [5.74, 6) is -1.77. The molecule has 1 aromatic carbocycles. The van der Waals surface area contributed by atoms with Crippen LogP contribution in [0.4, 0.5) is 8.78 Å². The lowest BCUT2D eigenvalue weighted by Crippen LogP contribution is -2.25. The fourth-order valence-corrected chi connectivity index (χ4v) is 3.27. The molecule has 0 saturated heterocycles. The lowest BCUT2D eigenvalue weighted by Gasteiger charge is -2.08. The Bertz CT molecular complexity index is 956. The summed E-state index contributed by atoms with van der Waals surface area (Å²) in [6.45, 7) is -0.0897. The largest absolute Gasteiger partial charge is 0.342 e. The van der Waals surface area contributed by atoms with E-state index in [0.29, 0.717) is 17.4 Å². The summed E-state index contributed by atoms with van der Waals surface area (Å²) in [7, 11) is -2.81. The summed E-state index contributed by atoms with van der Waals surface area (Å²) in [5.41, 5.74) is 1.23. The average molecular weight is 335 g/mol. The van der Waals surface area contributed by atoms with Gasteiger partial charge in [-0.2, -0.15) is 0 Å². The van der Waals surface area contributed by atoms with E-state index in [0.717, 1.165) is 11.5 Å². The van der Waals surface area contributed by atoms with Gasteiger partial charge >= 0.3 is 0 Å². The number of benzene rings is 1. The number of nitrogens with zero attached hydrogens (tertiary/aromatic N) is 1. The molecule has 2 N–H and O–H groups in total. The molecule has 2 aromatic heterocycles. The molecule has 118 valence electrons. The Balaban J connectivity index is 1.85. The zero-order valence-corrected chi connectivity index (χ0v) is 12.9. The van der Waals surface area contributed by atoms with Gasteiger partial charge in [0.05, 0.1) is 6.54 Å². The van der Waals surface area contributed by atoms with Gasteiger partial charge in [-0.05, 0) is 30.3 Å². The molecule has 0 amide bonds. The van der Waals surface area contributed by atoms with Gasteiger partial charge < -0.3 is 4.98 Å². The van der Waals surface area contributed by atoms with Crippen LogP contribution in [-0.2, 0) is 16.6 Å². The smallest absolute Gasteiger partial charge is 0.243 e. The van der Waals surface area contributed by atoms with Crippen LogP contribution in [-0.4, -0.2) is 26.2 Å². The Labute approximate surface area is 132 Å². The van der Waals surface area contributed by atoms with Crippen LogP contribution in [0.15, 0.2) is 41.4 Å². The van der Waals surface area contributed by atoms with Gasteiger partial charge in [0.2, 0.25) is 10.0 Å². The van der Waals surface area contributed by atoms with Crippen molar-refractivity contribution in [2.45, 2.75) is 11.4 Å². The summed E-state index contributed by atoms with van der Waals surface area (Å²) < 4.78 is 53.9. The topological polar surface area (TPSA) is 74.8 Å². The Morgan fingerprint density at radius 3 is 2.74 bits per heavy atom. The van der Waals surface area contributed by atoms with E-state index in [2.05, 4.69) is 14.7 Å². The molecule has 0 atom stereocenters. The van der Waals surface area contributed by atoms with Crippen LogP contribution in [0.2, 0.25) is 0 Å². The third kappa shape index (κ3) is 3.11. The highest BCUT2D eigenvalue weighted by atomic mass is 32.2. The lowest BCUT2D eigenvalue weighted by molar-refractivity contribution is 0.548. The van der Waals surface area contributed by atoms with E-state index < -0.39 is 26.6 Å². The summed E-state index contributed by atoms with van der Waals surface area (Å²) in [5, 5.41) is 0.828. The number of rotatable bonds is 4. The third-order valence-electron chi connectivity index (χ3n) is 3.40. The Morgan fingerprint density at radius 1 is 1.22 bits per heavy atom. The third-order valence-corrected chi connectivity index (χ3v) is 4.82. The van der Waals surface area contributed by atoms with Crippen molar-refractivity contribution in [3.05, 3.63) is 53.9 Å². The van der Waals surface area contributed by atoms with E-state index in [-0.39, 0.29) is 12.0 Å². The number of pyridine rings is 1. The summed E-state index contributed by atoms with van der Waals surface area (Å²) in [6, 6.07) is 6.86. The van der Waals surface area contributed by atoms with Crippen LogP contribution in [0.3, 0.4) is 0 Å². The Kier molecular flexibility index (Phi) is 3.91. The van der Waals surface area contributed by atoms with Gasteiger partial charge in [0.15, 0.2) is 0 Å². The van der Waals surface area contributed by atoms with Gasteiger partial charge in [-0.15, -0.1) is 0 Å². The number of nitrogens with one attached hydrogen (secondary N) is 2. The van der Waals surface area contributed by atoms with Gasteiger partial charge in [-0.1, -0.05) is 5.46 Å². The fraction of sp³-hybridized carbons (Fsp3) is 0.0714. The first-order valence-corrected chi connectivity index (χ1v) is 8.23. The molecule has 0 unspecified atom stereocenters. The van der Waals surface area contributed by atoms with E-state index in [1.165, 1.54) is 7.85 Å². The second kappa shape index (κ2) is 5.75. The van der Waals surface area contributed by atoms with Gasteiger partial charge in [0.1, 0.15) is 30.0 Å². The van der Waals surface area contributed by atoms with Crippen molar-refractivity contribution in [3.63, 3.8) is 0 Å². The van der Waals surface area contributed by atoms with E-state index in [9.17, 15) is 17.2 Å². The summed E-state index contributed by atoms with van der Waals surface area (Å²) in [6.07, 6.45) is 1.61. The van der Waals surface area contributed by atoms with Gasteiger partial charge in [-0.25, -0.2) is 26.9 Å². The Hall–Kier alpha value is -2.26. The van der Waals surface area contributed by atoms with Crippen LogP contribution >= 0.6 is 0 Å². The molecule has 0 spiro atoms. The number of halogens is 2. The number of fused-ring (bicyclic) bond motifs is 1. The molecule has 9 heteroatoms. The predicted molar refractivity (Wildman–Crippen MR) is 84.7 cm³/mol. The van der Waals surface area contributed by atoms with Crippen LogP contribution in [0.1, 0.15) is 5.69 Å². The number of sulfonamides is 1. The molecule has 3 aromatic rings. The molecule has 0 aliphatic rings. The zero-order chi connectivity index (χ0) is 16.6. The summed E-state index contributed by atoms with van der Waals surface area (Å²) >= 11 is 0. The molecule has 5 nitrogen and oxygen atoms in total. The number of H-pyrrole nitrogens is 1. The van der Waals surface area contributed by atoms with Gasteiger partial charge in [0.25, 0.3) is 0 Å². The van der Waals surface area contributed by atoms with Crippen molar-refractivity contribution < 1.29 is 17.2 Å². The van der Waals surface area contributed by atoms with Crippen LogP contribution in [0, 0.1) is 11.6 Å². The maximum atomic E-state index is 13.8. The highest BCUT2D eigenvalue weighted by molar-refractivity contribution is 7.89. The van der Waals surface area contributed by atoms with Gasteiger partial charge in [-0.3, -0.25) is 0 Å². The first kappa shape index (κ1) is 15.6. The molecule has 0 saturated carbocycles. The minimum atomic E-state index is -4.17. The zero-order valence-electron chi connectivity index (χ0n) is 12.1. The van der Waals surface area contributed by atoms with Crippen LogP contribution < -0.4 is 10.2 Å². The second-order valence-electron chi connectivity index (χ2n) is 5.09. The predicted octanol–water partition coefficient (Wildman–Crippen LogP) is 0.578. The average Bonchev–Trinajstić information content (AvgIpc) is 2.92. The molecule has 0 aliphatic heterocycles. The number of aromatic amines is 1. The van der Waals surface area contributed by atoms with Crippen molar-refractivity contribution in [2.75, 3.05) is 0 Å². The Morgan fingerprint density at radius 2 is 2.00 bits per heavy atom. The molecule has 0 radical (unpaired) electrons. The molecule has 0 fully saturated rings. The lowest BCUT2D eigenvalue weighted by atomic mass is 9.96. The first-order valence-electron chi connectivity index (χ1n) is 6.75. The molecular formula is C14H12BF2N3O2S. The summed E-state index contributed by atoms with van der Waals surface area (Å²) in [4.78, 5) is 6.33. The van der Waals surface area contributed by atoms with E-state index >= 15 is 0 Å². The minimum absolute atomic E-state index is 0.0446. The first-order chi connectivity index (χ1) is 10.9. The van der Waals surface area contributed by atoms with E-state index in [1.54, 1.807) is 18.3 Å². The normalized spacial score (nSPS) is 11.9. The van der Waals surface area contributed by atoms with Crippen molar-refractivity contribution in [2.24, 2.45) is 0 Å². The van der Waals surface area contributed by atoms with Crippen LogP contribution in [0.25, 0.3) is 11.0 Å². The molecule has 0 aliphatic carbocycles. The highest BCUT2D eigenvalue weighted by Gasteiger charge is 2.21. The molecular weight excluding hydrogens is 323 g/mol. The monoisotopic (exact) mass is 335 g/mol.